The number of furan rings is 1. The highest BCUT2D eigenvalue weighted by Crippen LogP contribution is 2.32. The van der Waals surface area contributed by atoms with Crippen molar-refractivity contribution in [2.24, 2.45) is 0 Å². The van der Waals surface area contributed by atoms with Gasteiger partial charge in [0.2, 0.25) is 5.91 Å². The molecular formula is C20H21N3O3S2. The predicted octanol–water partition coefficient (Wildman–Crippen LogP) is 2.90. The zero-order valence-corrected chi connectivity index (χ0v) is 17.3. The first-order valence-corrected chi connectivity index (χ1v) is 9.95. The second-order valence-corrected chi connectivity index (χ2v) is 8.15. The Morgan fingerprint density at radius 3 is 2.68 bits per heavy atom. The molecule has 2 heterocycles. The van der Waals surface area contributed by atoms with Crippen LogP contribution in [-0.4, -0.2) is 53.1 Å². The molecule has 1 aromatic heterocycles. The van der Waals surface area contributed by atoms with E-state index in [2.05, 4.69) is 5.32 Å². The highest BCUT2D eigenvalue weighted by atomic mass is 32.2. The molecule has 0 aliphatic carbocycles. The molecule has 0 spiro atoms. The third kappa shape index (κ3) is 4.89. The lowest BCUT2D eigenvalue weighted by molar-refractivity contribution is -0.128. The van der Waals surface area contributed by atoms with E-state index in [4.69, 9.17) is 16.6 Å². The Labute approximate surface area is 173 Å². The average Bonchev–Trinajstić information content (AvgIpc) is 3.27. The van der Waals surface area contributed by atoms with Gasteiger partial charge in [-0.05, 0) is 37.9 Å². The third-order valence-electron chi connectivity index (χ3n) is 4.26. The van der Waals surface area contributed by atoms with E-state index in [1.54, 1.807) is 12.3 Å². The van der Waals surface area contributed by atoms with Crippen LogP contribution < -0.4 is 5.32 Å². The van der Waals surface area contributed by atoms with Crippen molar-refractivity contribution in [2.75, 3.05) is 27.2 Å². The molecule has 1 aliphatic heterocycles. The molecule has 146 valence electrons. The number of hydrogen-bond acceptors (Lipinski definition) is 6. The molecule has 0 saturated carbocycles. The fraction of sp³-hybridized carbons (Fsp3) is 0.250. The summed E-state index contributed by atoms with van der Waals surface area (Å²) in [6, 6.07) is 13.1. The highest BCUT2D eigenvalue weighted by Gasteiger charge is 2.33. The predicted molar refractivity (Wildman–Crippen MR) is 114 cm³/mol. The molecule has 28 heavy (non-hydrogen) atoms. The molecule has 1 unspecified atom stereocenters. The van der Waals surface area contributed by atoms with Gasteiger partial charge in [0.1, 0.15) is 16.6 Å². The number of hydrogen-bond donors (Lipinski definition) is 1. The Bertz CT molecular complexity index is 879. The summed E-state index contributed by atoms with van der Waals surface area (Å²) in [7, 11) is 3.82. The third-order valence-corrected chi connectivity index (χ3v) is 5.64. The first-order chi connectivity index (χ1) is 13.5. The summed E-state index contributed by atoms with van der Waals surface area (Å²) in [6.45, 7) is 0.267. The van der Waals surface area contributed by atoms with Crippen LogP contribution in [0, 0.1) is 0 Å². The molecule has 0 radical (unpaired) electrons. The molecular weight excluding hydrogens is 394 g/mol. The summed E-state index contributed by atoms with van der Waals surface area (Å²) < 4.78 is 5.82. The van der Waals surface area contributed by atoms with Gasteiger partial charge in [-0.25, -0.2) is 0 Å². The maximum Gasteiger partial charge on any atom is 0.266 e. The number of nitrogens with zero attached hydrogens (tertiary/aromatic N) is 2. The Balaban J connectivity index is 1.60. The van der Waals surface area contributed by atoms with Crippen LogP contribution in [0.1, 0.15) is 17.4 Å². The quantitative estimate of drug-likeness (QED) is 0.554. The standard InChI is InChI=1S/C20H21N3O3S2/c1-22(2)15(16-9-6-10-26-16)12-21-18(24)13-23-19(25)17(28-20(23)27)11-14-7-4-3-5-8-14/h3-11,15H,12-13H2,1-2H3,(H,21,24)/b17-11-. The second-order valence-electron chi connectivity index (χ2n) is 6.48. The van der Waals surface area contributed by atoms with Crippen LogP contribution in [0.25, 0.3) is 6.08 Å². The van der Waals surface area contributed by atoms with Crippen molar-refractivity contribution < 1.29 is 14.0 Å². The van der Waals surface area contributed by atoms with E-state index in [1.165, 1.54) is 16.7 Å². The van der Waals surface area contributed by atoms with Gasteiger partial charge in [0.05, 0.1) is 17.2 Å². The number of thioether (sulfide) groups is 1. The van der Waals surface area contributed by atoms with Crippen LogP contribution >= 0.6 is 24.0 Å². The minimum atomic E-state index is -0.268. The van der Waals surface area contributed by atoms with Crippen molar-refractivity contribution in [3.05, 3.63) is 65.0 Å². The molecule has 1 N–H and O–H groups in total. The molecule has 6 nitrogen and oxygen atoms in total. The molecule has 2 aromatic rings. The van der Waals surface area contributed by atoms with Gasteiger partial charge in [-0.15, -0.1) is 0 Å². The zero-order chi connectivity index (χ0) is 20.1. The van der Waals surface area contributed by atoms with E-state index in [-0.39, 0.29) is 24.4 Å². The van der Waals surface area contributed by atoms with Crippen molar-refractivity contribution in [3.8, 4) is 0 Å². The van der Waals surface area contributed by atoms with Gasteiger partial charge in [0, 0.05) is 6.54 Å². The van der Waals surface area contributed by atoms with Gasteiger partial charge in [0.25, 0.3) is 5.91 Å². The van der Waals surface area contributed by atoms with Crippen LogP contribution in [0.3, 0.4) is 0 Å². The molecule has 1 fully saturated rings. The van der Waals surface area contributed by atoms with E-state index in [9.17, 15) is 9.59 Å². The van der Waals surface area contributed by atoms with E-state index in [1.807, 2.05) is 61.5 Å². The number of amides is 2. The molecule has 3 rings (SSSR count). The number of benzene rings is 1. The van der Waals surface area contributed by atoms with Gasteiger partial charge >= 0.3 is 0 Å². The molecule has 1 saturated heterocycles. The maximum absolute atomic E-state index is 12.6. The Morgan fingerprint density at radius 2 is 2.04 bits per heavy atom. The first kappa shape index (κ1) is 20.3. The highest BCUT2D eigenvalue weighted by molar-refractivity contribution is 8.26. The molecule has 1 aromatic carbocycles. The zero-order valence-electron chi connectivity index (χ0n) is 15.6. The monoisotopic (exact) mass is 415 g/mol. The second kappa shape index (κ2) is 9.18. The van der Waals surface area contributed by atoms with E-state index in [0.717, 1.165) is 11.3 Å². The number of nitrogens with one attached hydrogen (secondary N) is 1. The molecule has 1 atom stereocenters. The van der Waals surface area contributed by atoms with Crippen LogP contribution in [0.4, 0.5) is 0 Å². The van der Waals surface area contributed by atoms with Crippen LogP contribution in [0.2, 0.25) is 0 Å². The molecule has 8 heteroatoms. The largest absolute Gasteiger partial charge is 0.468 e. The summed E-state index contributed by atoms with van der Waals surface area (Å²) in [5.74, 6) is 0.251. The minimum absolute atomic E-state index is 0.0944. The molecule has 0 bridgehead atoms. The fourth-order valence-corrected chi connectivity index (χ4v) is 4.02. The first-order valence-electron chi connectivity index (χ1n) is 8.72. The Morgan fingerprint density at radius 1 is 1.29 bits per heavy atom. The number of carbonyl (C=O) groups excluding carboxylic acids is 2. The SMILES string of the molecule is CN(C)C(CNC(=O)CN1C(=O)/C(=C/c2ccccc2)SC1=S)c1ccco1. The summed E-state index contributed by atoms with van der Waals surface area (Å²) in [6.07, 6.45) is 3.39. The van der Waals surface area contributed by atoms with Crippen molar-refractivity contribution in [1.82, 2.24) is 15.1 Å². The van der Waals surface area contributed by atoms with Crippen molar-refractivity contribution in [2.45, 2.75) is 6.04 Å². The lowest BCUT2D eigenvalue weighted by Gasteiger charge is -2.23. The average molecular weight is 416 g/mol. The van der Waals surface area contributed by atoms with Crippen molar-refractivity contribution in [3.63, 3.8) is 0 Å². The summed E-state index contributed by atoms with van der Waals surface area (Å²) >= 11 is 6.51. The van der Waals surface area contributed by atoms with Gasteiger partial charge in [-0.3, -0.25) is 19.4 Å². The fourth-order valence-electron chi connectivity index (χ4n) is 2.77. The van der Waals surface area contributed by atoms with Crippen molar-refractivity contribution in [1.29, 1.82) is 0 Å². The van der Waals surface area contributed by atoms with Crippen LogP contribution in [-0.2, 0) is 9.59 Å². The van der Waals surface area contributed by atoms with Gasteiger partial charge in [-0.1, -0.05) is 54.3 Å². The Hall–Kier alpha value is -2.42. The van der Waals surface area contributed by atoms with Crippen molar-refractivity contribution >= 4 is 46.2 Å². The number of thiocarbonyl (C=S) groups is 1. The summed E-state index contributed by atoms with van der Waals surface area (Å²) in [4.78, 5) is 28.9. The number of rotatable bonds is 7. The summed E-state index contributed by atoms with van der Waals surface area (Å²) in [5, 5.41) is 2.86. The van der Waals surface area contributed by atoms with Gasteiger partial charge in [-0.2, -0.15) is 0 Å². The van der Waals surface area contributed by atoms with Crippen LogP contribution in [0.5, 0.6) is 0 Å². The smallest absolute Gasteiger partial charge is 0.266 e. The minimum Gasteiger partial charge on any atom is -0.468 e. The van der Waals surface area contributed by atoms with Gasteiger partial charge in [0.15, 0.2) is 0 Å². The lowest BCUT2D eigenvalue weighted by Crippen LogP contribution is -2.42. The summed E-state index contributed by atoms with van der Waals surface area (Å²) in [5.41, 5.74) is 0.916. The lowest BCUT2D eigenvalue weighted by atomic mass is 10.2. The van der Waals surface area contributed by atoms with Crippen LogP contribution in [0.15, 0.2) is 58.1 Å². The van der Waals surface area contributed by atoms with E-state index in [0.29, 0.717) is 15.8 Å². The van der Waals surface area contributed by atoms with Gasteiger partial charge < -0.3 is 9.73 Å². The number of carbonyl (C=O) groups is 2. The maximum atomic E-state index is 12.6. The normalized spacial score (nSPS) is 16.8. The molecule has 2 amide bonds. The van der Waals surface area contributed by atoms with E-state index < -0.39 is 0 Å². The van der Waals surface area contributed by atoms with E-state index >= 15 is 0 Å². The molecule has 1 aliphatic rings. The Kier molecular flexibility index (Phi) is 6.66. The number of likely N-dealkylation sites (N-methyl/N-ethyl adjacent to an activating group) is 1. The topological polar surface area (TPSA) is 65.8 Å².